The van der Waals surface area contributed by atoms with Crippen molar-refractivity contribution in [3.05, 3.63) is 29.8 Å². The number of ether oxygens (including phenoxy) is 1. The predicted octanol–water partition coefficient (Wildman–Crippen LogP) is 1.93. The third kappa shape index (κ3) is 2.74. The molecule has 0 saturated carbocycles. The number of benzene rings is 1. The Labute approximate surface area is 97.2 Å². The van der Waals surface area contributed by atoms with E-state index in [9.17, 15) is 0 Å². The molecule has 0 aromatic heterocycles. The lowest BCUT2D eigenvalue weighted by molar-refractivity contribution is 0.152. The first kappa shape index (κ1) is 11.4. The maximum absolute atomic E-state index is 5.83. The lowest BCUT2D eigenvalue weighted by atomic mass is 10.1. The molecule has 0 aliphatic carbocycles. The molecule has 1 aliphatic rings. The Morgan fingerprint density at radius 2 is 1.94 bits per heavy atom. The molecule has 1 fully saturated rings. The summed E-state index contributed by atoms with van der Waals surface area (Å²) < 4.78 is 5.45. The molecule has 1 aromatic rings. The van der Waals surface area contributed by atoms with Crippen molar-refractivity contribution in [1.29, 1.82) is 0 Å². The average molecular weight is 220 g/mol. The SMILES string of the molecule is C[C@H](N)c1ccc(N2CCCOCC2)cc1. The molecule has 3 heteroatoms. The van der Waals surface area contributed by atoms with Crippen LogP contribution in [0.25, 0.3) is 0 Å². The summed E-state index contributed by atoms with van der Waals surface area (Å²) in [6.07, 6.45) is 1.11. The monoisotopic (exact) mass is 220 g/mol. The minimum atomic E-state index is 0.113. The Bertz CT molecular complexity index is 313. The van der Waals surface area contributed by atoms with Gasteiger partial charge in [0.15, 0.2) is 0 Å². The number of nitrogens with two attached hydrogens (primary N) is 1. The highest BCUT2D eigenvalue weighted by Gasteiger charge is 2.10. The molecule has 0 spiro atoms. The van der Waals surface area contributed by atoms with Gasteiger partial charge in [-0.1, -0.05) is 12.1 Å². The van der Waals surface area contributed by atoms with Gasteiger partial charge in [0.25, 0.3) is 0 Å². The van der Waals surface area contributed by atoms with E-state index >= 15 is 0 Å². The number of nitrogens with zero attached hydrogens (tertiary/aromatic N) is 1. The van der Waals surface area contributed by atoms with E-state index in [-0.39, 0.29) is 6.04 Å². The fourth-order valence-electron chi connectivity index (χ4n) is 1.99. The van der Waals surface area contributed by atoms with Crippen LogP contribution in [0.5, 0.6) is 0 Å². The number of anilines is 1. The standard InChI is InChI=1S/C13H20N2O/c1-11(14)12-3-5-13(6-4-12)15-7-2-9-16-10-8-15/h3-6,11H,2,7-10,14H2,1H3/t11-/m0/s1. The van der Waals surface area contributed by atoms with Gasteiger partial charge in [0.1, 0.15) is 0 Å². The van der Waals surface area contributed by atoms with Gasteiger partial charge < -0.3 is 15.4 Å². The summed E-state index contributed by atoms with van der Waals surface area (Å²) >= 11 is 0. The smallest absolute Gasteiger partial charge is 0.0641 e. The van der Waals surface area contributed by atoms with E-state index < -0.39 is 0 Å². The van der Waals surface area contributed by atoms with Crippen molar-refractivity contribution in [1.82, 2.24) is 0 Å². The normalized spacial score (nSPS) is 19.2. The van der Waals surface area contributed by atoms with Crippen molar-refractivity contribution in [3.63, 3.8) is 0 Å². The third-order valence-corrected chi connectivity index (χ3v) is 3.01. The van der Waals surface area contributed by atoms with Crippen molar-refractivity contribution < 1.29 is 4.74 Å². The molecule has 1 atom stereocenters. The largest absolute Gasteiger partial charge is 0.380 e. The lowest BCUT2D eigenvalue weighted by Gasteiger charge is -2.22. The van der Waals surface area contributed by atoms with Crippen LogP contribution in [0, 0.1) is 0 Å². The Morgan fingerprint density at radius 3 is 2.62 bits per heavy atom. The maximum atomic E-state index is 5.83. The van der Waals surface area contributed by atoms with Crippen LogP contribution >= 0.6 is 0 Å². The molecule has 2 N–H and O–H groups in total. The van der Waals surface area contributed by atoms with Crippen molar-refractivity contribution >= 4 is 5.69 Å². The molecule has 88 valence electrons. The van der Waals surface area contributed by atoms with Crippen LogP contribution in [0.1, 0.15) is 24.9 Å². The van der Waals surface area contributed by atoms with Gasteiger partial charge in [-0.05, 0) is 31.0 Å². The number of hydrogen-bond acceptors (Lipinski definition) is 3. The van der Waals surface area contributed by atoms with Gasteiger partial charge in [-0.25, -0.2) is 0 Å². The quantitative estimate of drug-likeness (QED) is 0.827. The van der Waals surface area contributed by atoms with Gasteiger partial charge >= 0.3 is 0 Å². The first-order chi connectivity index (χ1) is 7.77. The first-order valence-electron chi connectivity index (χ1n) is 5.95. The van der Waals surface area contributed by atoms with Crippen LogP contribution in [-0.2, 0) is 4.74 Å². The fraction of sp³-hybridized carbons (Fsp3) is 0.538. The molecule has 16 heavy (non-hydrogen) atoms. The maximum Gasteiger partial charge on any atom is 0.0641 e. The van der Waals surface area contributed by atoms with E-state index in [0.717, 1.165) is 32.7 Å². The number of hydrogen-bond donors (Lipinski definition) is 1. The Morgan fingerprint density at radius 1 is 1.19 bits per heavy atom. The second-order valence-corrected chi connectivity index (χ2v) is 4.33. The van der Waals surface area contributed by atoms with Crippen LogP contribution in [0.15, 0.2) is 24.3 Å². The van der Waals surface area contributed by atoms with E-state index in [2.05, 4.69) is 29.2 Å². The van der Waals surface area contributed by atoms with Crippen molar-refractivity contribution in [2.24, 2.45) is 5.73 Å². The molecule has 0 bridgehead atoms. The second-order valence-electron chi connectivity index (χ2n) is 4.33. The molecule has 0 radical (unpaired) electrons. The summed E-state index contributed by atoms with van der Waals surface area (Å²) in [6.45, 7) is 5.79. The van der Waals surface area contributed by atoms with Gasteiger partial charge in [-0.15, -0.1) is 0 Å². The van der Waals surface area contributed by atoms with Gasteiger partial charge in [0.2, 0.25) is 0 Å². The zero-order valence-corrected chi connectivity index (χ0v) is 9.86. The fourth-order valence-corrected chi connectivity index (χ4v) is 1.99. The molecule has 2 rings (SSSR count). The van der Waals surface area contributed by atoms with Crippen LogP contribution in [0.2, 0.25) is 0 Å². The van der Waals surface area contributed by atoms with Gasteiger partial charge in [-0.2, -0.15) is 0 Å². The molecule has 1 saturated heterocycles. The molecule has 1 aromatic carbocycles. The Balaban J connectivity index is 2.07. The lowest BCUT2D eigenvalue weighted by Crippen LogP contribution is -2.25. The summed E-state index contributed by atoms with van der Waals surface area (Å²) in [6, 6.07) is 8.66. The topological polar surface area (TPSA) is 38.5 Å². The van der Waals surface area contributed by atoms with Gasteiger partial charge in [-0.3, -0.25) is 0 Å². The summed E-state index contributed by atoms with van der Waals surface area (Å²) in [5, 5.41) is 0. The first-order valence-corrected chi connectivity index (χ1v) is 5.95. The third-order valence-electron chi connectivity index (χ3n) is 3.01. The molecule has 1 heterocycles. The van der Waals surface area contributed by atoms with Crippen LogP contribution in [0.4, 0.5) is 5.69 Å². The molecular weight excluding hydrogens is 200 g/mol. The van der Waals surface area contributed by atoms with Crippen molar-refractivity contribution in [2.75, 3.05) is 31.2 Å². The van der Waals surface area contributed by atoms with Crippen LogP contribution in [-0.4, -0.2) is 26.3 Å². The highest BCUT2D eigenvalue weighted by atomic mass is 16.5. The minimum absolute atomic E-state index is 0.113. The van der Waals surface area contributed by atoms with E-state index in [1.54, 1.807) is 0 Å². The van der Waals surface area contributed by atoms with Crippen molar-refractivity contribution in [2.45, 2.75) is 19.4 Å². The Kier molecular flexibility index (Phi) is 3.80. The van der Waals surface area contributed by atoms with E-state index in [0.29, 0.717) is 0 Å². The zero-order chi connectivity index (χ0) is 11.4. The second kappa shape index (κ2) is 5.32. The molecule has 0 amide bonds. The Hall–Kier alpha value is -1.06. The minimum Gasteiger partial charge on any atom is -0.380 e. The van der Waals surface area contributed by atoms with E-state index in [1.165, 1.54) is 11.3 Å². The van der Waals surface area contributed by atoms with E-state index in [1.807, 2.05) is 6.92 Å². The molecule has 3 nitrogen and oxygen atoms in total. The van der Waals surface area contributed by atoms with Gasteiger partial charge in [0.05, 0.1) is 6.61 Å². The average Bonchev–Trinajstić information content (AvgIpc) is 2.57. The number of rotatable bonds is 2. The van der Waals surface area contributed by atoms with Crippen LogP contribution < -0.4 is 10.6 Å². The highest BCUT2D eigenvalue weighted by molar-refractivity contribution is 5.48. The summed E-state index contributed by atoms with van der Waals surface area (Å²) in [4.78, 5) is 2.37. The highest BCUT2D eigenvalue weighted by Crippen LogP contribution is 2.19. The predicted molar refractivity (Wildman–Crippen MR) is 66.7 cm³/mol. The van der Waals surface area contributed by atoms with Crippen LogP contribution in [0.3, 0.4) is 0 Å². The van der Waals surface area contributed by atoms with Gasteiger partial charge in [0, 0.05) is 31.4 Å². The summed E-state index contributed by atoms with van der Waals surface area (Å²) in [7, 11) is 0. The molecule has 0 unspecified atom stereocenters. The van der Waals surface area contributed by atoms with E-state index in [4.69, 9.17) is 10.5 Å². The molecular formula is C13H20N2O. The van der Waals surface area contributed by atoms with Crippen molar-refractivity contribution in [3.8, 4) is 0 Å². The summed E-state index contributed by atoms with van der Waals surface area (Å²) in [5.74, 6) is 0. The molecule has 1 aliphatic heterocycles. The summed E-state index contributed by atoms with van der Waals surface area (Å²) in [5.41, 5.74) is 8.30. The zero-order valence-electron chi connectivity index (χ0n) is 9.86.